The van der Waals surface area contributed by atoms with Crippen LogP contribution in [-0.2, 0) is 9.47 Å². The van der Waals surface area contributed by atoms with Crippen molar-refractivity contribution < 1.29 is 9.47 Å². The van der Waals surface area contributed by atoms with Crippen molar-refractivity contribution >= 4 is 56.7 Å². The summed E-state index contributed by atoms with van der Waals surface area (Å²) in [5, 5.41) is 0. The molecule has 0 amide bonds. The molecule has 6 heteroatoms. The molecule has 0 N–H and O–H groups in total. The summed E-state index contributed by atoms with van der Waals surface area (Å²) in [6.45, 7) is 0. The fourth-order valence-electron chi connectivity index (χ4n) is 2.74. The van der Waals surface area contributed by atoms with Crippen LogP contribution in [0, 0.1) is 0 Å². The van der Waals surface area contributed by atoms with Crippen LogP contribution >= 0.6 is 48.0 Å². The molecule has 0 heterocycles. The lowest BCUT2D eigenvalue weighted by Gasteiger charge is -2.28. The third-order valence-electron chi connectivity index (χ3n) is 3.97. The van der Waals surface area contributed by atoms with Crippen molar-refractivity contribution in [3.8, 4) is 0 Å². The molecule has 2 nitrogen and oxygen atoms in total. The van der Waals surface area contributed by atoms with Crippen LogP contribution in [0.15, 0.2) is 0 Å². The normalized spacial score (nSPS) is 24.6. The third kappa shape index (κ3) is 8.94. The Hall–Kier alpha value is 0.480. The van der Waals surface area contributed by atoms with Crippen molar-refractivity contribution in [2.75, 3.05) is 12.5 Å². The number of ether oxygens (including phenoxy) is 2. The Morgan fingerprint density at radius 1 is 0.682 bits per heavy atom. The Balaban J connectivity index is 2.70. The van der Waals surface area contributed by atoms with E-state index in [1.165, 1.54) is 74.9 Å². The van der Waals surface area contributed by atoms with Crippen LogP contribution in [0.25, 0.3) is 0 Å². The zero-order valence-corrected chi connectivity index (χ0v) is 16.9. The quantitative estimate of drug-likeness (QED) is 0.546. The maximum absolute atomic E-state index is 6.00. The number of thiocarbonyl (C=S) groups is 2. The van der Waals surface area contributed by atoms with Crippen molar-refractivity contribution in [1.29, 1.82) is 0 Å². The Morgan fingerprint density at radius 3 is 1.32 bits per heavy atom. The Kier molecular flexibility index (Phi) is 12.0. The van der Waals surface area contributed by atoms with E-state index in [1.807, 2.05) is 12.5 Å². The van der Waals surface area contributed by atoms with Gasteiger partial charge in [-0.25, -0.2) is 0 Å². The van der Waals surface area contributed by atoms with Gasteiger partial charge in [-0.3, -0.25) is 0 Å². The largest absolute Gasteiger partial charge is 0.471 e. The van der Waals surface area contributed by atoms with Gasteiger partial charge in [-0.05, 0) is 62.6 Å². The standard InChI is InChI=1S/C16H28O2S4/c1-21-15(19)17-13-11-9-7-5-3-4-6-8-10-12-14(13)18-16(20)22-2/h13-14H,3-12H2,1-2H3. The average molecular weight is 381 g/mol. The summed E-state index contributed by atoms with van der Waals surface area (Å²) in [6.07, 6.45) is 16.3. The number of rotatable bonds is 2. The maximum atomic E-state index is 6.00. The predicted molar refractivity (Wildman–Crippen MR) is 108 cm³/mol. The summed E-state index contributed by atoms with van der Waals surface area (Å²) in [5.41, 5.74) is 0. The van der Waals surface area contributed by atoms with Crippen LogP contribution in [0.4, 0.5) is 0 Å². The molecule has 0 aromatic rings. The number of thioether (sulfide) groups is 2. The minimum Gasteiger partial charge on any atom is -0.471 e. The molecule has 2 unspecified atom stereocenters. The molecule has 1 aliphatic rings. The summed E-state index contributed by atoms with van der Waals surface area (Å²) < 4.78 is 13.2. The molecule has 0 aromatic carbocycles. The molecular formula is C16H28O2S4. The van der Waals surface area contributed by atoms with E-state index in [0.717, 1.165) is 12.8 Å². The van der Waals surface area contributed by atoms with Crippen LogP contribution in [0.1, 0.15) is 64.2 Å². The van der Waals surface area contributed by atoms with Crippen LogP contribution in [0.3, 0.4) is 0 Å². The van der Waals surface area contributed by atoms with Gasteiger partial charge in [0.2, 0.25) is 8.77 Å². The summed E-state index contributed by atoms with van der Waals surface area (Å²) >= 11 is 13.5. The first-order chi connectivity index (χ1) is 10.7. The van der Waals surface area contributed by atoms with Crippen molar-refractivity contribution in [3.63, 3.8) is 0 Å². The Labute approximate surface area is 154 Å². The SMILES string of the molecule is CSC(=S)OC1CCCCCCCCCCC1OC(=S)SC. The minimum atomic E-state index is 0.0319. The van der Waals surface area contributed by atoms with E-state index in [-0.39, 0.29) is 12.2 Å². The van der Waals surface area contributed by atoms with Crippen molar-refractivity contribution in [3.05, 3.63) is 0 Å². The lowest BCUT2D eigenvalue weighted by molar-refractivity contribution is 0.0338. The monoisotopic (exact) mass is 380 g/mol. The fraction of sp³-hybridized carbons (Fsp3) is 0.875. The molecule has 128 valence electrons. The van der Waals surface area contributed by atoms with Crippen LogP contribution in [0.5, 0.6) is 0 Å². The maximum Gasteiger partial charge on any atom is 0.220 e. The van der Waals surface area contributed by atoms with Gasteiger partial charge in [-0.2, -0.15) is 0 Å². The highest BCUT2D eigenvalue weighted by Crippen LogP contribution is 2.24. The second-order valence-corrected chi connectivity index (χ2v) is 8.44. The molecule has 1 rings (SSSR count). The van der Waals surface area contributed by atoms with Gasteiger partial charge >= 0.3 is 0 Å². The first-order valence-corrected chi connectivity index (χ1v) is 11.4. The summed E-state index contributed by atoms with van der Waals surface area (Å²) in [6, 6.07) is 0. The summed E-state index contributed by atoms with van der Waals surface area (Å²) in [7, 11) is 0. The van der Waals surface area contributed by atoms with Crippen molar-refractivity contribution in [1.82, 2.24) is 0 Å². The molecule has 0 aliphatic heterocycles. The van der Waals surface area contributed by atoms with Gasteiger partial charge in [0, 0.05) is 0 Å². The van der Waals surface area contributed by atoms with Gasteiger partial charge in [0.05, 0.1) is 0 Å². The van der Waals surface area contributed by atoms with Crippen LogP contribution in [0.2, 0.25) is 0 Å². The Morgan fingerprint density at radius 2 is 1.00 bits per heavy atom. The highest BCUT2D eigenvalue weighted by Gasteiger charge is 2.26. The third-order valence-corrected chi connectivity index (χ3v) is 6.02. The van der Waals surface area contributed by atoms with Gasteiger partial charge in [0.25, 0.3) is 0 Å². The van der Waals surface area contributed by atoms with E-state index in [0.29, 0.717) is 8.77 Å². The zero-order chi connectivity index (χ0) is 16.2. The molecule has 0 saturated heterocycles. The fourth-order valence-corrected chi connectivity index (χ4v) is 3.42. The first kappa shape index (κ1) is 20.5. The first-order valence-electron chi connectivity index (χ1n) is 8.16. The highest BCUT2D eigenvalue weighted by molar-refractivity contribution is 8.22. The zero-order valence-electron chi connectivity index (χ0n) is 13.7. The molecule has 22 heavy (non-hydrogen) atoms. The lowest BCUT2D eigenvalue weighted by atomic mass is 9.97. The van der Waals surface area contributed by atoms with E-state index in [9.17, 15) is 0 Å². The predicted octanol–water partition coefficient (Wildman–Crippen LogP) is 5.97. The van der Waals surface area contributed by atoms with Gasteiger partial charge in [0.15, 0.2) is 0 Å². The van der Waals surface area contributed by atoms with E-state index in [2.05, 4.69) is 0 Å². The Bertz CT molecular complexity index is 304. The molecule has 2 atom stereocenters. The topological polar surface area (TPSA) is 18.5 Å². The molecular weight excluding hydrogens is 352 g/mol. The minimum absolute atomic E-state index is 0.0319. The van der Waals surface area contributed by atoms with Gasteiger partial charge in [0.1, 0.15) is 12.2 Å². The summed E-state index contributed by atoms with van der Waals surface area (Å²) in [5.74, 6) is 0. The smallest absolute Gasteiger partial charge is 0.220 e. The molecule has 0 bridgehead atoms. The van der Waals surface area contributed by atoms with Crippen molar-refractivity contribution in [2.24, 2.45) is 0 Å². The lowest BCUT2D eigenvalue weighted by Crippen LogP contribution is -2.34. The molecule has 0 aromatic heterocycles. The number of hydrogen-bond donors (Lipinski definition) is 0. The van der Waals surface area contributed by atoms with Crippen molar-refractivity contribution in [2.45, 2.75) is 76.4 Å². The van der Waals surface area contributed by atoms with Gasteiger partial charge in [-0.1, -0.05) is 62.0 Å². The van der Waals surface area contributed by atoms with E-state index >= 15 is 0 Å². The van der Waals surface area contributed by atoms with E-state index in [4.69, 9.17) is 33.9 Å². The summed E-state index contributed by atoms with van der Waals surface area (Å²) in [4.78, 5) is 0. The second kappa shape index (κ2) is 12.8. The van der Waals surface area contributed by atoms with Crippen LogP contribution < -0.4 is 0 Å². The van der Waals surface area contributed by atoms with Gasteiger partial charge < -0.3 is 9.47 Å². The molecule has 0 spiro atoms. The van der Waals surface area contributed by atoms with Gasteiger partial charge in [-0.15, -0.1) is 0 Å². The van der Waals surface area contributed by atoms with E-state index < -0.39 is 0 Å². The van der Waals surface area contributed by atoms with Crippen LogP contribution in [-0.4, -0.2) is 33.5 Å². The molecule has 1 aliphatic carbocycles. The molecule has 0 radical (unpaired) electrons. The number of hydrogen-bond acceptors (Lipinski definition) is 6. The second-order valence-electron chi connectivity index (χ2n) is 5.63. The molecule has 1 fully saturated rings. The average Bonchev–Trinajstić information content (AvgIpc) is 2.52. The molecule has 1 saturated carbocycles. The van der Waals surface area contributed by atoms with E-state index in [1.54, 1.807) is 0 Å². The highest BCUT2D eigenvalue weighted by atomic mass is 32.2.